The molecule has 0 heterocycles. The van der Waals surface area contributed by atoms with Crippen molar-refractivity contribution in [2.24, 2.45) is 0 Å². The Balaban J connectivity index is 2.47. The number of phenolic OH excluding ortho intramolecular Hbond substituents is 1. The lowest BCUT2D eigenvalue weighted by Gasteiger charge is -2.17. The molecule has 2 nitrogen and oxygen atoms in total. The second-order valence-corrected chi connectivity index (χ2v) is 3.78. The molecule has 0 aliphatic heterocycles. The normalized spacial score (nSPS) is 12.4. The Morgan fingerprint density at radius 3 is 2.40 bits per heavy atom. The van der Waals surface area contributed by atoms with Gasteiger partial charge in [-0.2, -0.15) is 0 Å². The van der Waals surface area contributed by atoms with Crippen molar-refractivity contribution < 1.29 is 9.84 Å². The Hall–Kier alpha value is -1.18. The molecule has 0 saturated carbocycles. The average Bonchev–Trinajstić information content (AvgIpc) is 2.27. The van der Waals surface area contributed by atoms with Crippen molar-refractivity contribution in [3.05, 3.63) is 24.3 Å². The van der Waals surface area contributed by atoms with E-state index in [9.17, 15) is 0 Å². The summed E-state index contributed by atoms with van der Waals surface area (Å²) in [5.41, 5.74) is 0. The van der Waals surface area contributed by atoms with Crippen LogP contribution >= 0.6 is 0 Å². The Kier molecular flexibility index (Phi) is 5.02. The molecule has 0 amide bonds. The molecule has 0 saturated heterocycles. The second-order valence-electron chi connectivity index (χ2n) is 3.78. The summed E-state index contributed by atoms with van der Waals surface area (Å²) in [5.74, 6) is 1.12. The standard InChI is InChI=1S/C13H20O2/c1-3-5-6-12(4-2)15-13-9-7-11(14)8-10-13/h7-10,12,14H,3-6H2,1-2H3. The van der Waals surface area contributed by atoms with E-state index in [0.29, 0.717) is 6.10 Å². The minimum atomic E-state index is 0.281. The number of phenols is 1. The molecular weight excluding hydrogens is 188 g/mol. The van der Waals surface area contributed by atoms with Gasteiger partial charge in [-0.05, 0) is 37.1 Å². The van der Waals surface area contributed by atoms with Gasteiger partial charge in [0.15, 0.2) is 0 Å². The summed E-state index contributed by atoms with van der Waals surface area (Å²) in [7, 11) is 0. The van der Waals surface area contributed by atoms with E-state index in [1.54, 1.807) is 12.1 Å². The third-order valence-corrected chi connectivity index (χ3v) is 2.47. The van der Waals surface area contributed by atoms with E-state index < -0.39 is 0 Å². The van der Waals surface area contributed by atoms with Crippen molar-refractivity contribution in [3.63, 3.8) is 0 Å². The summed E-state index contributed by atoms with van der Waals surface area (Å²) < 4.78 is 5.81. The van der Waals surface area contributed by atoms with Crippen molar-refractivity contribution in [2.75, 3.05) is 0 Å². The Labute approximate surface area is 91.9 Å². The van der Waals surface area contributed by atoms with Crippen molar-refractivity contribution in [1.82, 2.24) is 0 Å². The van der Waals surface area contributed by atoms with Gasteiger partial charge in [0.25, 0.3) is 0 Å². The molecule has 0 aliphatic carbocycles. The highest BCUT2D eigenvalue weighted by molar-refractivity contribution is 5.30. The van der Waals surface area contributed by atoms with E-state index in [0.717, 1.165) is 18.6 Å². The maximum Gasteiger partial charge on any atom is 0.119 e. The minimum absolute atomic E-state index is 0.281. The zero-order valence-electron chi connectivity index (χ0n) is 9.57. The van der Waals surface area contributed by atoms with Crippen LogP contribution in [0.1, 0.15) is 39.5 Å². The van der Waals surface area contributed by atoms with E-state index in [4.69, 9.17) is 9.84 Å². The lowest BCUT2D eigenvalue weighted by molar-refractivity contribution is 0.183. The zero-order chi connectivity index (χ0) is 11.1. The highest BCUT2D eigenvalue weighted by atomic mass is 16.5. The van der Waals surface area contributed by atoms with E-state index in [1.807, 2.05) is 12.1 Å². The fourth-order valence-corrected chi connectivity index (χ4v) is 1.50. The van der Waals surface area contributed by atoms with Gasteiger partial charge in [-0.15, -0.1) is 0 Å². The SMILES string of the molecule is CCCCC(CC)Oc1ccc(O)cc1. The fourth-order valence-electron chi connectivity index (χ4n) is 1.50. The highest BCUT2D eigenvalue weighted by Crippen LogP contribution is 2.19. The van der Waals surface area contributed by atoms with E-state index >= 15 is 0 Å². The first-order valence-electron chi connectivity index (χ1n) is 5.72. The number of benzene rings is 1. The number of hydrogen-bond donors (Lipinski definition) is 1. The highest BCUT2D eigenvalue weighted by Gasteiger charge is 2.06. The molecule has 0 fully saturated rings. The summed E-state index contributed by atoms with van der Waals surface area (Å²) in [5, 5.41) is 9.13. The average molecular weight is 208 g/mol. The molecule has 2 heteroatoms. The van der Waals surface area contributed by atoms with Crippen molar-refractivity contribution >= 4 is 0 Å². The smallest absolute Gasteiger partial charge is 0.119 e. The molecule has 0 aromatic heterocycles. The number of ether oxygens (including phenoxy) is 1. The van der Waals surface area contributed by atoms with E-state index in [-0.39, 0.29) is 5.75 Å². The predicted molar refractivity (Wildman–Crippen MR) is 62.3 cm³/mol. The summed E-state index contributed by atoms with van der Waals surface area (Å²) in [6.45, 7) is 4.33. The lowest BCUT2D eigenvalue weighted by atomic mass is 10.1. The number of aromatic hydroxyl groups is 1. The van der Waals surface area contributed by atoms with Gasteiger partial charge < -0.3 is 9.84 Å². The summed E-state index contributed by atoms with van der Waals surface area (Å²) in [6.07, 6.45) is 4.84. The summed E-state index contributed by atoms with van der Waals surface area (Å²) in [4.78, 5) is 0. The number of unbranched alkanes of at least 4 members (excludes halogenated alkanes) is 1. The lowest BCUT2D eigenvalue weighted by Crippen LogP contribution is -2.14. The molecule has 84 valence electrons. The van der Waals surface area contributed by atoms with Gasteiger partial charge >= 0.3 is 0 Å². The first kappa shape index (κ1) is 11.9. The monoisotopic (exact) mass is 208 g/mol. The second kappa shape index (κ2) is 6.33. The van der Waals surface area contributed by atoms with Crippen LogP contribution in [-0.4, -0.2) is 11.2 Å². The minimum Gasteiger partial charge on any atom is -0.508 e. The molecule has 1 atom stereocenters. The van der Waals surface area contributed by atoms with E-state index in [2.05, 4.69) is 13.8 Å². The Bertz CT molecular complexity index is 266. The van der Waals surface area contributed by atoms with Crippen LogP contribution in [0.2, 0.25) is 0 Å². The topological polar surface area (TPSA) is 29.5 Å². The van der Waals surface area contributed by atoms with Crippen LogP contribution in [0.4, 0.5) is 0 Å². The molecule has 0 radical (unpaired) electrons. The number of rotatable bonds is 6. The third-order valence-electron chi connectivity index (χ3n) is 2.47. The van der Waals surface area contributed by atoms with Crippen LogP contribution in [-0.2, 0) is 0 Å². The molecule has 1 N–H and O–H groups in total. The maximum atomic E-state index is 9.13. The zero-order valence-corrected chi connectivity index (χ0v) is 9.57. The van der Waals surface area contributed by atoms with Crippen LogP contribution in [0.15, 0.2) is 24.3 Å². The molecular formula is C13H20O2. The first-order chi connectivity index (χ1) is 7.26. The molecule has 15 heavy (non-hydrogen) atoms. The quantitative estimate of drug-likeness (QED) is 0.771. The van der Waals surface area contributed by atoms with Crippen molar-refractivity contribution in [3.8, 4) is 11.5 Å². The first-order valence-corrected chi connectivity index (χ1v) is 5.72. The van der Waals surface area contributed by atoms with Gasteiger partial charge in [-0.25, -0.2) is 0 Å². The van der Waals surface area contributed by atoms with Gasteiger partial charge in [0.1, 0.15) is 11.5 Å². The van der Waals surface area contributed by atoms with Crippen LogP contribution in [0.25, 0.3) is 0 Å². The predicted octanol–water partition coefficient (Wildman–Crippen LogP) is 3.74. The van der Waals surface area contributed by atoms with Crippen molar-refractivity contribution in [2.45, 2.75) is 45.6 Å². The van der Waals surface area contributed by atoms with Crippen LogP contribution in [0, 0.1) is 0 Å². The van der Waals surface area contributed by atoms with Gasteiger partial charge in [0.05, 0.1) is 6.10 Å². The molecule has 1 aromatic carbocycles. The molecule has 1 rings (SSSR count). The van der Waals surface area contributed by atoms with Gasteiger partial charge in [-0.1, -0.05) is 26.7 Å². The third kappa shape index (κ3) is 4.24. The largest absolute Gasteiger partial charge is 0.508 e. The molecule has 1 unspecified atom stereocenters. The Morgan fingerprint density at radius 1 is 1.20 bits per heavy atom. The van der Waals surface area contributed by atoms with E-state index in [1.165, 1.54) is 12.8 Å². The molecule has 0 aliphatic rings. The van der Waals surface area contributed by atoms with Gasteiger partial charge in [-0.3, -0.25) is 0 Å². The molecule has 0 spiro atoms. The summed E-state index contributed by atoms with van der Waals surface area (Å²) in [6, 6.07) is 6.93. The number of hydrogen-bond acceptors (Lipinski definition) is 2. The maximum absolute atomic E-state index is 9.13. The van der Waals surface area contributed by atoms with Crippen molar-refractivity contribution in [1.29, 1.82) is 0 Å². The van der Waals surface area contributed by atoms with Crippen LogP contribution < -0.4 is 4.74 Å². The molecule has 0 bridgehead atoms. The van der Waals surface area contributed by atoms with Crippen LogP contribution in [0.5, 0.6) is 11.5 Å². The summed E-state index contributed by atoms with van der Waals surface area (Å²) >= 11 is 0. The van der Waals surface area contributed by atoms with Crippen LogP contribution in [0.3, 0.4) is 0 Å². The van der Waals surface area contributed by atoms with Gasteiger partial charge in [0, 0.05) is 0 Å². The fraction of sp³-hybridized carbons (Fsp3) is 0.538. The van der Waals surface area contributed by atoms with Gasteiger partial charge in [0.2, 0.25) is 0 Å². The molecule has 1 aromatic rings. The Morgan fingerprint density at radius 2 is 1.87 bits per heavy atom.